The van der Waals surface area contributed by atoms with E-state index >= 15 is 0 Å². The highest BCUT2D eigenvalue weighted by Gasteiger charge is 2.23. The van der Waals surface area contributed by atoms with Crippen LogP contribution in [0.1, 0.15) is 22.8 Å². The molecule has 1 aliphatic heterocycles. The van der Waals surface area contributed by atoms with Crippen LogP contribution in [0.5, 0.6) is 0 Å². The first-order chi connectivity index (χ1) is 14.0. The lowest BCUT2D eigenvalue weighted by molar-refractivity contribution is -0.130. The third-order valence-corrected chi connectivity index (χ3v) is 6.03. The summed E-state index contributed by atoms with van der Waals surface area (Å²) in [6.45, 7) is 8.95. The number of carbonyl (C=O) groups excluding carboxylic acids is 1. The molecule has 1 amide bonds. The predicted octanol–water partition coefficient (Wildman–Crippen LogP) is 3.42. The van der Waals surface area contributed by atoms with E-state index in [1.165, 1.54) is 5.56 Å². The van der Waals surface area contributed by atoms with Crippen LogP contribution in [-0.2, 0) is 11.2 Å². The summed E-state index contributed by atoms with van der Waals surface area (Å²) in [5.74, 6) is 1.87. The first-order valence-corrected chi connectivity index (χ1v) is 10.7. The molecule has 0 atom stereocenters. The summed E-state index contributed by atoms with van der Waals surface area (Å²) in [5, 5.41) is 2.96. The quantitative estimate of drug-likeness (QED) is 0.663. The minimum atomic E-state index is 0.139. The van der Waals surface area contributed by atoms with Crippen molar-refractivity contribution in [2.45, 2.75) is 27.2 Å². The molecule has 1 aromatic carbocycles. The fraction of sp³-hybridized carbons (Fsp3) is 0.364. The number of carbonyl (C=O) groups is 1. The molecule has 1 aliphatic rings. The van der Waals surface area contributed by atoms with E-state index in [-0.39, 0.29) is 5.91 Å². The van der Waals surface area contributed by atoms with Crippen molar-refractivity contribution in [1.82, 2.24) is 19.9 Å². The van der Waals surface area contributed by atoms with Gasteiger partial charge in [0.15, 0.2) is 0 Å². The average Bonchev–Trinajstić information content (AvgIpc) is 3.16. The van der Waals surface area contributed by atoms with E-state index in [9.17, 15) is 4.79 Å². The normalized spacial score (nSPS) is 14.3. The van der Waals surface area contributed by atoms with E-state index in [1.54, 1.807) is 11.3 Å². The van der Waals surface area contributed by atoms with Crippen molar-refractivity contribution in [3.8, 4) is 10.6 Å². The van der Waals surface area contributed by atoms with Crippen LogP contribution < -0.4 is 4.90 Å². The van der Waals surface area contributed by atoms with Crippen molar-refractivity contribution in [3.05, 3.63) is 58.5 Å². The van der Waals surface area contributed by atoms with Crippen LogP contribution in [0.25, 0.3) is 10.6 Å². The summed E-state index contributed by atoms with van der Waals surface area (Å²) >= 11 is 1.59. The fourth-order valence-electron chi connectivity index (χ4n) is 3.53. The predicted molar refractivity (Wildman–Crippen MR) is 116 cm³/mol. The van der Waals surface area contributed by atoms with Crippen LogP contribution >= 0.6 is 11.3 Å². The van der Waals surface area contributed by atoms with Crippen LogP contribution in [0.15, 0.2) is 35.7 Å². The maximum atomic E-state index is 12.8. The number of aryl methyl sites for hydroxylation is 3. The molecular weight excluding hydrogens is 382 g/mol. The Morgan fingerprint density at radius 1 is 1.00 bits per heavy atom. The Bertz CT molecular complexity index is 986. The molecule has 0 saturated carbocycles. The van der Waals surface area contributed by atoms with Gasteiger partial charge >= 0.3 is 0 Å². The topological polar surface area (TPSA) is 62.2 Å². The highest BCUT2D eigenvalue weighted by Crippen LogP contribution is 2.24. The summed E-state index contributed by atoms with van der Waals surface area (Å²) in [6, 6.07) is 10.3. The molecule has 0 bridgehead atoms. The minimum Gasteiger partial charge on any atom is -0.353 e. The van der Waals surface area contributed by atoms with Gasteiger partial charge in [0, 0.05) is 48.9 Å². The SMILES string of the molecule is Cc1ccc(-c2nc(CC(=O)N3CCN(c4cc(C)nc(C)n4)CC3)cs2)cc1. The molecule has 0 aliphatic carbocycles. The molecule has 150 valence electrons. The van der Waals surface area contributed by atoms with Crippen molar-refractivity contribution < 1.29 is 4.79 Å². The number of rotatable bonds is 4. The molecule has 3 heterocycles. The van der Waals surface area contributed by atoms with Crippen LogP contribution in [0, 0.1) is 20.8 Å². The van der Waals surface area contributed by atoms with Crippen LogP contribution in [0.3, 0.4) is 0 Å². The number of thiazole rings is 1. The molecule has 2 aromatic heterocycles. The van der Waals surface area contributed by atoms with Gasteiger partial charge in [0.1, 0.15) is 16.6 Å². The standard InChI is InChI=1S/C22H25N5OS/c1-15-4-6-18(7-5-15)22-25-19(14-29-22)13-21(28)27-10-8-26(9-11-27)20-12-16(2)23-17(3)24-20/h4-7,12,14H,8-11,13H2,1-3H3. The molecular formula is C22H25N5OS. The van der Waals surface area contributed by atoms with Gasteiger partial charge in [0.05, 0.1) is 12.1 Å². The molecule has 0 spiro atoms. The zero-order valence-corrected chi connectivity index (χ0v) is 17.9. The number of benzene rings is 1. The average molecular weight is 408 g/mol. The van der Waals surface area contributed by atoms with Crippen LogP contribution in [-0.4, -0.2) is 51.9 Å². The summed E-state index contributed by atoms with van der Waals surface area (Å²) in [6.07, 6.45) is 0.355. The van der Waals surface area contributed by atoms with E-state index in [1.807, 2.05) is 30.2 Å². The van der Waals surface area contributed by atoms with Gasteiger partial charge in [-0.2, -0.15) is 0 Å². The second-order valence-corrected chi connectivity index (χ2v) is 8.33. The van der Waals surface area contributed by atoms with Crippen molar-refractivity contribution in [1.29, 1.82) is 0 Å². The minimum absolute atomic E-state index is 0.139. The Morgan fingerprint density at radius 2 is 1.72 bits per heavy atom. The van der Waals surface area contributed by atoms with Gasteiger partial charge in [0.2, 0.25) is 5.91 Å². The molecule has 7 heteroatoms. The second-order valence-electron chi connectivity index (χ2n) is 7.47. The van der Waals surface area contributed by atoms with E-state index in [0.717, 1.165) is 46.7 Å². The number of aromatic nitrogens is 3. The van der Waals surface area contributed by atoms with Gasteiger partial charge in [-0.1, -0.05) is 29.8 Å². The van der Waals surface area contributed by atoms with Crippen LogP contribution in [0.2, 0.25) is 0 Å². The molecule has 6 nitrogen and oxygen atoms in total. The maximum absolute atomic E-state index is 12.8. The summed E-state index contributed by atoms with van der Waals surface area (Å²) in [4.78, 5) is 30.5. The summed E-state index contributed by atoms with van der Waals surface area (Å²) < 4.78 is 0. The molecule has 1 saturated heterocycles. The Labute approximate surface area is 175 Å². The van der Waals surface area contributed by atoms with Gasteiger partial charge in [-0.15, -0.1) is 11.3 Å². The zero-order chi connectivity index (χ0) is 20.4. The molecule has 3 aromatic rings. The number of hydrogen-bond acceptors (Lipinski definition) is 6. The van der Waals surface area contributed by atoms with Gasteiger partial charge in [-0.25, -0.2) is 15.0 Å². The Kier molecular flexibility index (Phi) is 5.58. The number of hydrogen-bond donors (Lipinski definition) is 0. The van der Waals surface area contributed by atoms with Crippen molar-refractivity contribution in [3.63, 3.8) is 0 Å². The highest BCUT2D eigenvalue weighted by molar-refractivity contribution is 7.13. The zero-order valence-electron chi connectivity index (χ0n) is 17.1. The lowest BCUT2D eigenvalue weighted by atomic mass is 10.2. The fourth-order valence-corrected chi connectivity index (χ4v) is 4.35. The summed E-state index contributed by atoms with van der Waals surface area (Å²) in [5.41, 5.74) is 4.15. The number of nitrogens with zero attached hydrogens (tertiary/aromatic N) is 5. The van der Waals surface area contributed by atoms with Crippen LogP contribution in [0.4, 0.5) is 5.82 Å². The number of amides is 1. The number of piperazine rings is 1. The van der Waals surface area contributed by atoms with Crippen molar-refractivity contribution in [2.75, 3.05) is 31.1 Å². The molecule has 0 N–H and O–H groups in total. The molecule has 29 heavy (non-hydrogen) atoms. The first-order valence-electron chi connectivity index (χ1n) is 9.84. The van der Waals surface area contributed by atoms with Gasteiger partial charge < -0.3 is 9.80 Å². The smallest absolute Gasteiger partial charge is 0.228 e. The molecule has 0 radical (unpaired) electrons. The lowest BCUT2D eigenvalue weighted by Crippen LogP contribution is -2.49. The van der Waals surface area contributed by atoms with Gasteiger partial charge in [-0.05, 0) is 20.8 Å². The van der Waals surface area contributed by atoms with E-state index in [4.69, 9.17) is 0 Å². The van der Waals surface area contributed by atoms with E-state index in [2.05, 4.69) is 51.0 Å². The lowest BCUT2D eigenvalue weighted by Gasteiger charge is -2.35. The monoisotopic (exact) mass is 407 g/mol. The molecule has 0 unspecified atom stereocenters. The second kappa shape index (κ2) is 8.29. The van der Waals surface area contributed by atoms with Gasteiger partial charge in [-0.3, -0.25) is 4.79 Å². The maximum Gasteiger partial charge on any atom is 0.228 e. The Balaban J connectivity index is 1.35. The third-order valence-electron chi connectivity index (χ3n) is 5.09. The summed E-state index contributed by atoms with van der Waals surface area (Å²) in [7, 11) is 0. The number of anilines is 1. The van der Waals surface area contributed by atoms with E-state index < -0.39 is 0 Å². The molecule has 1 fully saturated rings. The van der Waals surface area contributed by atoms with Gasteiger partial charge in [0.25, 0.3) is 0 Å². The third kappa shape index (κ3) is 4.62. The van der Waals surface area contributed by atoms with Crippen molar-refractivity contribution in [2.24, 2.45) is 0 Å². The highest BCUT2D eigenvalue weighted by atomic mass is 32.1. The van der Waals surface area contributed by atoms with Crippen molar-refractivity contribution >= 4 is 23.1 Å². The largest absolute Gasteiger partial charge is 0.353 e. The molecule has 4 rings (SSSR count). The Morgan fingerprint density at radius 3 is 2.41 bits per heavy atom. The first kappa shape index (κ1) is 19.5. The van der Waals surface area contributed by atoms with E-state index in [0.29, 0.717) is 19.5 Å². The Hall–Kier alpha value is -2.80.